The molecule has 0 atom stereocenters. The van der Waals surface area contributed by atoms with Crippen molar-refractivity contribution in [2.75, 3.05) is 16.0 Å². The summed E-state index contributed by atoms with van der Waals surface area (Å²) in [5.74, 6) is -1.33. The van der Waals surface area contributed by atoms with Gasteiger partial charge in [0.05, 0.1) is 6.54 Å². The number of para-hydroxylation sites is 1. The van der Waals surface area contributed by atoms with Crippen LogP contribution in [0.5, 0.6) is 0 Å². The van der Waals surface area contributed by atoms with E-state index in [0.717, 1.165) is 21.8 Å². The van der Waals surface area contributed by atoms with Crippen molar-refractivity contribution in [1.29, 1.82) is 0 Å². The molecule has 188 valence electrons. The van der Waals surface area contributed by atoms with Gasteiger partial charge in [-0.2, -0.15) is 0 Å². The Hall–Kier alpha value is -4.88. The molecule has 0 saturated carbocycles. The minimum absolute atomic E-state index is 0.00833. The molecule has 5 rings (SSSR count). The van der Waals surface area contributed by atoms with Crippen LogP contribution in [0.4, 0.5) is 22.7 Å². The van der Waals surface area contributed by atoms with E-state index >= 15 is 0 Å². The second kappa shape index (κ2) is 11.0. The Kier molecular flexibility index (Phi) is 7.19. The minimum Gasteiger partial charge on any atom is -0.356 e. The largest absolute Gasteiger partial charge is 0.356 e. The fourth-order valence-corrected chi connectivity index (χ4v) is 4.17. The molecule has 7 nitrogen and oxygen atoms in total. The minimum atomic E-state index is -0.552. The molecule has 8 heteroatoms. The summed E-state index contributed by atoms with van der Waals surface area (Å²) in [6.45, 7) is 0.127. The third kappa shape index (κ3) is 5.58. The van der Waals surface area contributed by atoms with Crippen molar-refractivity contribution in [3.05, 3.63) is 131 Å². The Morgan fingerprint density at radius 2 is 1.16 bits per heavy atom. The first-order valence-electron chi connectivity index (χ1n) is 11.9. The average Bonchev–Trinajstić information content (AvgIpc) is 3.14. The number of halogens is 1. The molecular weight excluding hydrogens is 500 g/mol. The van der Waals surface area contributed by atoms with E-state index < -0.39 is 11.8 Å². The molecule has 3 N–H and O–H groups in total. The van der Waals surface area contributed by atoms with Crippen LogP contribution in [0.15, 0.2) is 120 Å². The Balaban J connectivity index is 1.19. The quantitative estimate of drug-likeness (QED) is 0.243. The molecule has 1 aliphatic rings. The van der Waals surface area contributed by atoms with Crippen LogP contribution in [0.2, 0.25) is 0 Å². The van der Waals surface area contributed by atoms with Crippen molar-refractivity contribution in [3.63, 3.8) is 0 Å². The van der Waals surface area contributed by atoms with Crippen LogP contribution in [-0.2, 0) is 16.1 Å². The Bertz CT molecular complexity index is 1500. The molecule has 3 amide bonds. The van der Waals surface area contributed by atoms with E-state index in [9.17, 15) is 14.4 Å². The van der Waals surface area contributed by atoms with E-state index in [1.807, 2.05) is 84.9 Å². The van der Waals surface area contributed by atoms with Gasteiger partial charge in [-0.15, -0.1) is 0 Å². The predicted molar refractivity (Wildman–Crippen MR) is 149 cm³/mol. The molecule has 0 spiro atoms. The van der Waals surface area contributed by atoms with E-state index in [-0.39, 0.29) is 23.2 Å². The summed E-state index contributed by atoms with van der Waals surface area (Å²) in [4.78, 5) is 39.3. The van der Waals surface area contributed by atoms with Crippen molar-refractivity contribution in [3.8, 4) is 0 Å². The number of anilines is 4. The number of carbonyl (C=O) groups excluding carboxylic acids is 3. The topological polar surface area (TPSA) is 90.5 Å². The zero-order valence-corrected chi connectivity index (χ0v) is 20.9. The van der Waals surface area contributed by atoms with Crippen molar-refractivity contribution >= 4 is 52.1 Å². The maximum absolute atomic E-state index is 12.9. The van der Waals surface area contributed by atoms with Gasteiger partial charge in [0.1, 0.15) is 10.7 Å². The first-order chi connectivity index (χ1) is 18.5. The second-order valence-electron chi connectivity index (χ2n) is 8.60. The van der Waals surface area contributed by atoms with E-state index in [4.69, 9.17) is 11.6 Å². The first kappa shape index (κ1) is 24.8. The van der Waals surface area contributed by atoms with Gasteiger partial charge in [0.15, 0.2) is 0 Å². The normalized spacial score (nSPS) is 13.0. The number of benzene rings is 4. The highest BCUT2D eigenvalue weighted by molar-refractivity contribution is 6.48. The SMILES string of the molecule is O=C(Nc1ccc(Nc2ccccc2)cc1)c1ccc(NC2=C(Cl)C(=O)N(Cc3ccccc3)C2=O)cc1. The van der Waals surface area contributed by atoms with E-state index in [1.165, 1.54) is 0 Å². The number of hydrogen-bond acceptors (Lipinski definition) is 5. The van der Waals surface area contributed by atoms with Gasteiger partial charge in [0.2, 0.25) is 0 Å². The smallest absolute Gasteiger partial charge is 0.279 e. The first-order valence-corrected chi connectivity index (χ1v) is 12.3. The van der Waals surface area contributed by atoms with Gasteiger partial charge in [-0.1, -0.05) is 60.1 Å². The zero-order valence-electron chi connectivity index (χ0n) is 20.1. The number of carbonyl (C=O) groups is 3. The molecule has 0 aromatic heterocycles. The maximum atomic E-state index is 12.9. The lowest BCUT2D eigenvalue weighted by molar-refractivity contribution is -0.138. The molecule has 4 aromatic rings. The van der Waals surface area contributed by atoms with E-state index in [0.29, 0.717) is 16.9 Å². The van der Waals surface area contributed by atoms with Gasteiger partial charge in [0.25, 0.3) is 17.7 Å². The summed E-state index contributed by atoms with van der Waals surface area (Å²) in [6, 6.07) is 33.0. The molecule has 38 heavy (non-hydrogen) atoms. The standard InChI is InChI=1S/C30H23ClN4O3/c31-26-27(30(38)35(29(26)37)19-20-7-3-1-4-8-20)33-24-13-11-21(12-14-24)28(36)34-25-17-15-23(16-18-25)32-22-9-5-2-6-10-22/h1-18,32-33H,19H2,(H,34,36). The van der Waals surface area contributed by atoms with Gasteiger partial charge in [-0.3, -0.25) is 19.3 Å². The number of hydrogen-bond donors (Lipinski definition) is 3. The van der Waals surface area contributed by atoms with Gasteiger partial charge in [-0.25, -0.2) is 0 Å². The molecule has 1 heterocycles. The third-order valence-electron chi connectivity index (χ3n) is 5.92. The highest BCUT2D eigenvalue weighted by Gasteiger charge is 2.37. The molecule has 0 aliphatic carbocycles. The van der Waals surface area contributed by atoms with Crippen LogP contribution >= 0.6 is 11.6 Å². The lowest BCUT2D eigenvalue weighted by atomic mass is 10.1. The molecule has 0 saturated heterocycles. The van der Waals surface area contributed by atoms with E-state index in [2.05, 4.69) is 16.0 Å². The second-order valence-corrected chi connectivity index (χ2v) is 8.97. The van der Waals surface area contributed by atoms with Crippen LogP contribution in [0.1, 0.15) is 15.9 Å². The van der Waals surface area contributed by atoms with Crippen LogP contribution in [0.25, 0.3) is 0 Å². The molecule has 1 aliphatic heterocycles. The number of imide groups is 1. The van der Waals surface area contributed by atoms with Gasteiger partial charge < -0.3 is 16.0 Å². The van der Waals surface area contributed by atoms with Crippen molar-refractivity contribution in [2.24, 2.45) is 0 Å². The highest BCUT2D eigenvalue weighted by Crippen LogP contribution is 2.27. The highest BCUT2D eigenvalue weighted by atomic mass is 35.5. The number of nitrogens with zero attached hydrogens (tertiary/aromatic N) is 1. The number of rotatable bonds is 8. The Morgan fingerprint density at radius 1 is 0.632 bits per heavy atom. The van der Waals surface area contributed by atoms with Crippen LogP contribution in [0, 0.1) is 0 Å². The predicted octanol–water partition coefficient (Wildman–Crippen LogP) is 6.11. The van der Waals surface area contributed by atoms with Gasteiger partial charge >= 0.3 is 0 Å². The molecule has 0 bridgehead atoms. The lowest BCUT2D eigenvalue weighted by Crippen LogP contribution is -2.31. The third-order valence-corrected chi connectivity index (χ3v) is 6.27. The Labute approximate surface area is 224 Å². The molecule has 0 radical (unpaired) electrons. The monoisotopic (exact) mass is 522 g/mol. The summed E-state index contributed by atoms with van der Waals surface area (Å²) in [6.07, 6.45) is 0. The molecule has 4 aromatic carbocycles. The Morgan fingerprint density at radius 3 is 1.82 bits per heavy atom. The molecule has 0 fully saturated rings. The fraction of sp³-hybridized carbons (Fsp3) is 0.0333. The number of nitrogens with one attached hydrogen (secondary N) is 3. The molecular formula is C30H23ClN4O3. The van der Waals surface area contributed by atoms with Crippen LogP contribution in [-0.4, -0.2) is 22.6 Å². The lowest BCUT2D eigenvalue weighted by Gasteiger charge is -2.15. The van der Waals surface area contributed by atoms with Crippen LogP contribution in [0.3, 0.4) is 0 Å². The van der Waals surface area contributed by atoms with Crippen molar-refractivity contribution in [2.45, 2.75) is 6.54 Å². The summed E-state index contributed by atoms with van der Waals surface area (Å²) < 4.78 is 0. The van der Waals surface area contributed by atoms with Crippen molar-refractivity contribution in [1.82, 2.24) is 4.90 Å². The van der Waals surface area contributed by atoms with Crippen molar-refractivity contribution < 1.29 is 14.4 Å². The number of amides is 3. The average molecular weight is 523 g/mol. The summed E-state index contributed by atoms with van der Waals surface area (Å²) >= 11 is 6.20. The summed E-state index contributed by atoms with van der Waals surface area (Å²) in [5, 5.41) is 8.92. The molecule has 0 unspecified atom stereocenters. The maximum Gasteiger partial charge on any atom is 0.279 e. The zero-order chi connectivity index (χ0) is 26.5. The fourth-order valence-electron chi connectivity index (χ4n) is 3.94. The summed E-state index contributed by atoms with van der Waals surface area (Å²) in [7, 11) is 0. The van der Waals surface area contributed by atoms with Gasteiger partial charge in [-0.05, 0) is 66.2 Å². The van der Waals surface area contributed by atoms with E-state index in [1.54, 1.807) is 24.3 Å². The van der Waals surface area contributed by atoms with Crippen LogP contribution < -0.4 is 16.0 Å². The van der Waals surface area contributed by atoms with Gasteiger partial charge in [0, 0.05) is 28.3 Å². The summed E-state index contributed by atoms with van der Waals surface area (Å²) in [5.41, 5.74) is 4.31.